The Morgan fingerprint density at radius 2 is 1.90 bits per heavy atom. The number of ether oxygens (including phenoxy) is 5. The van der Waals surface area contributed by atoms with E-state index >= 15 is 0 Å². The number of fused-ring (bicyclic) bond motifs is 2. The summed E-state index contributed by atoms with van der Waals surface area (Å²) in [6, 6.07) is 3.70. The van der Waals surface area contributed by atoms with E-state index in [4.69, 9.17) is 23.7 Å². The van der Waals surface area contributed by atoms with Crippen molar-refractivity contribution in [3.05, 3.63) is 29.0 Å². The molecule has 9 nitrogen and oxygen atoms in total. The first kappa shape index (κ1) is 19.3. The maximum absolute atomic E-state index is 12.5. The number of carbonyl (C=O) groups is 2. The van der Waals surface area contributed by atoms with Crippen molar-refractivity contribution < 1.29 is 33.3 Å². The lowest BCUT2D eigenvalue weighted by atomic mass is 10.2. The van der Waals surface area contributed by atoms with E-state index in [1.165, 1.54) is 17.6 Å². The number of benzene rings is 1. The molecule has 0 saturated heterocycles. The molecule has 1 aromatic heterocycles. The Labute approximate surface area is 170 Å². The molecular weight excluding hydrogens is 400 g/mol. The molecule has 4 rings (SSSR count). The molecule has 2 aliphatic heterocycles. The van der Waals surface area contributed by atoms with Gasteiger partial charge in [-0.1, -0.05) is 11.3 Å². The number of amides is 1. The third-order valence-corrected chi connectivity index (χ3v) is 5.29. The Kier molecular flexibility index (Phi) is 5.70. The zero-order chi connectivity index (χ0) is 20.2. The number of hydrogen-bond donors (Lipinski definition) is 0. The highest BCUT2D eigenvalue weighted by Gasteiger charge is 2.19. The van der Waals surface area contributed by atoms with Crippen LogP contribution in [0, 0.1) is 0 Å². The summed E-state index contributed by atoms with van der Waals surface area (Å²) in [6.45, 7) is 4.01. The average molecular weight is 420 g/mol. The van der Waals surface area contributed by atoms with Crippen molar-refractivity contribution in [2.75, 3.05) is 33.0 Å². The summed E-state index contributed by atoms with van der Waals surface area (Å²) in [7, 11) is 0. The van der Waals surface area contributed by atoms with Crippen LogP contribution < -0.4 is 14.3 Å². The summed E-state index contributed by atoms with van der Waals surface area (Å²) in [5.41, 5.74) is 0.796. The Morgan fingerprint density at radius 3 is 2.62 bits per heavy atom. The molecule has 1 amide bonds. The Balaban J connectivity index is 1.75. The minimum Gasteiger partial charge on any atom is -0.494 e. The van der Waals surface area contributed by atoms with Crippen LogP contribution >= 0.6 is 11.3 Å². The first-order valence-corrected chi connectivity index (χ1v) is 10.1. The van der Waals surface area contributed by atoms with Crippen LogP contribution in [0.1, 0.15) is 13.3 Å². The molecule has 0 aliphatic carbocycles. The molecule has 0 N–H and O–H groups in total. The zero-order valence-corrected chi connectivity index (χ0v) is 16.7. The van der Waals surface area contributed by atoms with Crippen molar-refractivity contribution in [3.63, 3.8) is 0 Å². The first-order valence-electron chi connectivity index (χ1n) is 9.28. The second kappa shape index (κ2) is 8.56. The van der Waals surface area contributed by atoms with Gasteiger partial charge in [-0.25, -0.2) is 0 Å². The van der Waals surface area contributed by atoms with Crippen molar-refractivity contribution in [1.82, 2.24) is 4.57 Å². The lowest BCUT2D eigenvalue weighted by Gasteiger charge is -2.18. The van der Waals surface area contributed by atoms with Gasteiger partial charge in [0, 0.05) is 18.7 Å². The molecule has 29 heavy (non-hydrogen) atoms. The molecule has 10 heteroatoms. The second-order valence-electron chi connectivity index (χ2n) is 6.17. The monoisotopic (exact) mass is 420 g/mol. The van der Waals surface area contributed by atoms with Gasteiger partial charge < -0.3 is 28.3 Å². The van der Waals surface area contributed by atoms with Gasteiger partial charge in [0.05, 0.1) is 23.2 Å². The van der Waals surface area contributed by atoms with E-state index in [9.17, 15) is 9.59 Å². The van der Waals surface area contributed by atoms with E-state index in [1.54, 1.807) is 11.5 Å². The van der Waals surface area contributed by atoms with Crippen molar-refractivity contribution in [1.29, 1.82) is 0 Å². The lowest BCUT2D eigenvalue weighted by Crippen LogP contribution is -2.21. The first-order chi connectivity index (χ1) is 14.2. The molecule has 1 aromatic carbocycles. The van der Waals surface area contributed by atoms with Gasteiger partial charge in [-0.3, -0.25) is 9.59 Å². The van der Waals surface area contributed by atoms with E-state index in [0.717, 1.165) is 10.2 Å². The minimum absolute atomic E-state index is 0.0524. The second-order valence-corrected chi connectivity index (χ2v) is 7.18. The topological polar surface area (TPSA) is 97.6 Å². The predicted octanol–water partition coefficient (Wildman–Crippen LogP) is 1.74. The van der Waals surface area contributed by atoms with Gasteiger partial charge in [0.25, 0.3) is 0 Å². The van der Waals surface area contributed by atoms with Crippen LogP contribution in [0.25, 0.3) is 10.2 Å². The van der Waals surface area contributed by atoms with E-state index in [0.29, 0.717) is 55.9 Å². The molecule has 2 aromatic rings. The fourth-order valence-electron chi connectivity index (χ4n) is 2.97. The van der Waals surface area contributed by atoms with Crippen LogP contribution in [-0.4, -0.2) is 49.5 Å². The van der Waals surface area contributed by atoms with Crippen LogP contribution in [0.2, 0.25) is 0 Å². The van der Waals surface area contributed by atoms with Crippen LogP contribution in [0.3, 0.4) is 0 Å². The minimum atomic E-state index is -0.543. The van der Waals surface area contributed by atoms with Crippen LogP contribution in [-0.2, 0) is 30.3 Å². The van der Waals surface area contributed by atoms with E-state index < -0.39 is 5.91 Å². The highest BCUT2D eigenvalue weighted by molar-refractivity contribution is 7.16. The number of carbonyl (C=O) groups excluding carboxylic acids is 2. The summed E-state index contributed by atoms with van der Waals surface area (Å²) in [5.74, 6) is 0.457. The maximum Gasteiger partial charge on any atom is 0.317 e. The molecule has 154 valence electrons. The fraction of sp³-hybridized carbons (Fsp3) is 0.421. The molecule has 0 saturated carbocycles. The zero-order valence-electron chi connectivity index (χ0n) is 15.8. The third-order valence-electron chi connectivity index (χ3n) is 4.25. The van der Waals surface area contributed by atoms with E-state index in [2.05, 4.69) is 4.99 Å². The lowest BCUT2D eigenvalue weighted by molar-refractivity contribution is -0.143. The third kappa shape index (κ3) is 4.21. The molecular formula is C19H20N2O7S. The van der Waals surface area contributed by atoms with Crippen molar-refractivity contribution in [2.45, 2.75) is 19.9 Å². The standard InChI is InChI=1S/C19H20N2O7S/c1-2-25-17(22)3-4-21-12-9-13-14(27-8-7-26-13)10-16(12)29-19(21)20-18(23)15-11-24-5-6-28-15/h9-11H,2-8H2,1H3. The highest BCUT2D eigenvalue weighted by Crippen LogP contribution is 2.35. The van der Waals surface area contributed by atoms with E-state index in [1.807, 2.05) is 12.1 Å². The molecule has 0 fully saturated rings. The number of aryl methyl sites for hydroxylation is 1. The Morgan fingerprint density at radius 1 is 1.14 bits per heavy atom. The fourth-order valence-corrected chi connectivity index (χ4v) is 4.03. The van der Waals surface area contributed by atoms with Crippen LogP contribution in [0.15, 0.2) is 29.1 Å². The molecule has 0 unspecified atom stereocenters. The van der Waals surface area contributed by atoms with Crippen molar-refractivity contribution >= 4 is 33.4 Å². The summed E-state index contributed by atoms with van der Waals surface area (Å²) in [6.07, 6.45) is 1.42. The molecule has 2 aliphatic rings. The van der Waals surface area contributed by atoms with Gasteiger partial charge in [0.1, 0.15) is 32.7 Å². The van der Waals surface area contributed by atoms with Crippen molar-refractivity contribution in [2.24, 2.45) is 4.99 Å². The van der Waals surface area contributed by atoms with Crippen LogP contribution in [0.4, 0.5) is 0 Å². The van der Waals surface area contributed by atoms with Gasteiger partial charge in [-0.05, 0) is 6.92 Å². The summed E-state index contributed by atoms with van der Waals surface area (Å²) < 4.78 is 29.4. The molecule has 0 spiro atoms. The molecule has 0 radical (unpaired) electrons. The number of nitrogens with zero attached hydrogens (tertiary/aromatic N) is 2. The maximum atomic E-state index is 12.5. The van der Waals surface area contributed by atoms with Crippen molar-refractivity contribution in [3.8, 4) is 11.5 Å². The molecule has 0 bridgehead atoms. The number of rotatable bonds is 5. The van der Waals surface area contributed by atoms with Gasteiger partial charge in [-0.15, -0.1) is 0 Å². The molecule has 0 atom stereocenters. The smallest absolute Gasteiger partial charge is 0.317 e. The largest absolute Gasteiger partial charge is 0.494 e. The number of thiazole rings is 1. The SMILES string of the molecule is CCOC(=O)CCn1c(=NC(=O)C2=COCCO2)sc2cc3c(cc21)OCCO3. The Bertz CT molecular complexity index is 1040. The van der Waals surface area contributed by atoms with Crippen LogP contribution in [0.5, 0.6) is 11.5 Å². The average Bonchev–Trinajstić information content (AvgIpc) is 3.07. The predicted molar refractivity (Wildman–Crippen MR) is 103 cm³/mol. The summed E-state index contributed by atoms with van der Waals surface area (Å²) >= 11 is 1.32. The van der Waals surface area contributed by atoms with Gasteiger partial charge in [0.2, 0.25) is 5.76 Å². The normalized spacial score (nSPS) is 16.0. The molecule has 3 heterocycles. The number of esters is 1. The number of aromatic nitrogens is 1. The summed E-state index contributed by atoms with van der Waals surface area (Å²) in [5, 5.41) is 0. The number of hydrogen-bond acceptors (Lipinski definition) is 8. The van der Waals surface area contributed by atoms with E-state index in [-0.39, 0.29) is 18.1 Å². The summed E-state index contributed by atoms with van der Waals surface area (Å²) in [4.78, 5) is 29.0. The van der Waals surface area contributed by atoms with Gasteiger partial charge in [-0.2, -0.15) is 4.99 Å². The highest BCUT2D eigenvalue weighted by atomic mass is 32.1. The van der Waals surface area contributed by atoms with Gasteiger partial charge >= 0.3 is 11.9 Å². The Hall–Kier alpha value is -3.01. The quantitative estimate of drug-likeness (QED) is 0.680. The van der Waals surface area contributed by atoms with Gasteiger partial charge in [0.15, 0.2) is 16.3 Å².